The minimum Gasteiger partial charge on any atom is -0.497 e. The van der Waals surface area contributed by atoms with Crippen LogP contribution in [0.4, 0.5) is 0 Å². The summed E-state index contributed by atoms with van der Waals surface area (Å²) in [5.74, 6) is 0.127. The Kier molecular flexibility index (Phi) is 4.97. The standard InChI is InChI=1S/C22H19BN2O3/c26-23(27)28-21-16-25(17-24-21)22(18-10-4-1-5-11-18,19-12-6-2-7-13-19)20-14-8-3-9-15-20/h1-17,26-27H. The van der Waals surface area contributed by atoms with Crippen molar-refractivity contribution in [3.05, 3.63) is 120 Å². The van der Waals surface area contributed by atoms with E-state index in [-0.39, 0.29) is 5.88 Å². The molecule has 28 heavy (non-hydrogen) atoms. The molecule has 6 heteroatoms. The summed E-state index contributed by atoms with van der Waals surface area (Å²) in [4.78, 5) is 4.22. The van der Waals surface area contributed by atoms with Gasteiger partial charge in [0, 0.05) is 0 Å². The van der Waals surface area contributed by atoms with Crippen molar-refractivity contribution in [1.82, 2.24) is 9.55 Å². The normalized spacial score (nSPS) is 11.2. The minimum absolute atomic E-state index is 0.127. The minimum atomic E-state index is -1.93. The zero-order valence-corrected chi connectivity index (χ0v) is 15.1. The molecule has 0 saturated heterocycles. The van der Waals surface area contributed by atoms with Gasteiger partial charge >= 0.3 is 7.32 Å². The van der Waals surface area contributed by atoms with E-state index in [2.05, 4.69) is 41.4 Å². The molecule has 0 radical (unpaired) electrons. The zero-order valence-electron chi connectivity index (χ0n) is 15.1. The van der Waals surface area contributed by atoms with Crippen molar-refractivity contribution in [2.75, 3.05) is 0 Å². The van der Waals surface area contributed by atoms with Gasteiger partial charge in [-0.1, -0.05) is 91.0 Å². The van der Waals surface area contributed by atoms with E-state index >= 15 is 0 Å². The van der Waals surface area contributed by atoms with Gasteiger partial charge in [0.25, 0.3) is 0 Å². The largest absolute Gasteiger partial charge is 0.708 e. The number of nitrogens with zero attached hydrogens (tertiary/aromatic N) is 2. The summed E-state index contributed by atoms with van der Waals surface area (Å²) in [5.41, 5.74) is 2.42. The zero-order chi connectivity index (χ0) is 19.4. The van der Waals surface area contributed by atoms with Crippen LogP contribution in [0.25, 0.3) is 0 Å². The first-order valence-corrected chi connectivity index (χ1v) is 8.95. The smallest absolute Gasteiger partial charge is 0.497 e. The van der Waals surface area contributed by atoms with Crippen LogP contribution in [-0.2, 0) is 5.54 Å². The Balaban J connectivity index is 2.03. The van der Waals surface area contributed by atoms with Crippen molar-refractivity contribution in [2.45, 2.75) is 5.54 Å². The highest BCUT2D eigenvalue weighted by molar-refractivity contribution is 6.33. The molecular weight excluding hydrogens is 351 g/mol. The lowest BCUT2D eigenvalue weighted by molar-refractivity contribution is 0.283. The van der Waals surface area contributed by atoms with E-state index in [4.69, 9.17) is 14.7 Å². The maximum Gasteiger partial charge on any atom is 0.708 e. The molecule has 0 amide bonds. The summed E-state index contributed by atoms with van der Waals surface area (Å²) >= 11 is 0. The highest BCUT2D eigenvalue weighted by Gasteiger charge is 2.38. The molecule has 0 bridgehead atoms. The van der Waals surface area contributed by atoms with E-state index in [1.165, 1.54) is 0 Å². The van der Waals surface area contributed by atoms with Crippen LogP contribution in [0.15, 0.2) is 104 Å². The Labute approximate surface area is 163 Å². The molecule has 0 aliphatic rings. The summed E-state index contributed by atoms with van der Waals surface area (Å²) in [6.45, 7) is 0. The lowest BCUT2D eigenvalue weighted by Crippen LogP contribution is -2.36. The van der Waals surface area contributed by atoms with Crippen LogP contribution in [0.2, 0.25) is 0 Å². The van der Waals surface area contributed by atoms with Crippen LogP contribution in [0.3, 0.4) is 0 Å². The lowest BCUT2D eigenvalue weighted by Gasteiger charge is -2.37. The third kappa shape index (κ3) is 3.20. The van der Waals surface area contributed by atoms with Gasteiger partial charge in [-0.3, -0.25) is 0 Å². The van der Waals surface area contributed by atoms with Crippen molar-refractivity contribution in [3.8, 4) is 5.88 Å². The van der Waals surface area contributed by atoms with Gasteiger partial charge in [-0.15, -0.1) is 0 Å². The molecule has 0 atom stereocenters. The van der Waals surface area contributed by atoms with Crippen molar-refractivity contribution in [3.63, 3.8) is 0 Å². The Morgan fingerprint density at radius 2 is 1.14 bits per heavy atom. The highest BCUT2D eigenvalue weighted by Crippen LogP contribution is 2.41. The Morgan fingerprint density at radius 1 is 0.714 bits per heavy atom. The molecule has 0 saturated carbocycles. The molecule has 3 aromatic carbocycles. The molecule has 0 fully saturated rings. The fourth-order valence-electron chi connectivity index (χ4n) is 3.64. The summed E-state index contributed by atoms with van der Waals surface area (Å²) in [6, 6.07) is 30.4. The predicted octanol–water partition coefficient (Wildman–Crippen LogP) is 3.07. The van der Waals surface area contributed by atoms with Crippen LogP contribution < -0.4 is 4.65 Å². The molecular formula is C22H19BN2O3. The molecule has 0 unspecified atom stereocenters. The van der Waals surface area contributed by atoms with E-state index in [9.17, 15) is 0 Å². The van der Waals surface area contributed by atoms with Gasteiger partial charge in [-0.05, 0) is 16.7 Å². The lowest BCUT2D eigenvalue weighted by atomic mass is 9.77. The van der Waals surface area contributed by atoms with Gasteiger partial charge in [0.15, 0.2) is 0 Å². The third-order valence-electron chi connectivity index (χ3n) is 4.75. The number of hydrogen-bond acceptors (Lipinski definition) is 4. The summed E-state index contributed by atoms with van der Waals surface area (Å²) in [5, 5.41) is 18.3. The van der Waals surface area contributed by atoms with Crippen LogP contribution in [-0.4, -0.2) is 26.9 Å². The van der Waals surface area contributed by atoms with Crippen LogP contribution in [0.5, 0.6) is 5.88 Å². The highest BCUT2D eigenvalue weighted by atomic mass is 16.6. The van der Waals surface area contributed by atoms with Crippen molar-refractivity contribution in [1.29, 1.82) is 0 Å². The van der Waals surface area contributed by atoms with Gasteiger partial charge in [-0.25, -0.2) is 4.98 Å². The Hall–Kier alpha value is -3.35. The molecule has 4 aromatic rings. The molecule has 5 nitrogen and oxygen atoms in total. The SMILES string of the molecule is OB(O)Oc1cn(C(c2ccccc2)(c2ccccc2)c2ccccc2)cn1. The molecule has 4 rings (SSSR count). The second kappa shape index (κ2) is 7.72. The van der Waals surface area contributed by atoms with E-state index in [1.807, 2.05) is 59.2 Å². The first-order valence-electron chi connectivity index (χ1n) is 8.95. The quantitative estimate of drug-likeness (QED) is 0.404. The molecule has 138 valence electrons. The molecule has 1 heterocycles. The van der Waals surface area contributed by atoms with E-state index in [0.29, 0.717) is 0 Å². The monoisotopic (exact) mass is 370 g/mol. The Morgan fingerprint density at radius 3 is 1.54 bits per heavy atom. The van der Waals surface area contributed by atoms with Gasteiger partial charge in [0.2, 0.25) is 5.88 Å². The summed E-state index contributed by atoms with van der Waals surface area (Å²) in [6.07, 6.45) is 3.32. The number of aromatic nitrogens is 2. The fourth-order valence-corrected chi connectivity index (χ4v) is 3.64. The van der Waals surface area contributed by atoms with E-state index in [0.717, 1.165) is 16.7 Å². The van der Waals surface area contributed by atoms with Crippen molar-refractivity contribution < 1.29 is 14.7 Å². The van der Waals surface area contributed by atoms with Crippen LogP contribution >= 0.6 is 0 Å². The Bertz CT molecular complexity index is 925. The number of benzene rings is 3. The average Bonchev–Trinajstić information content (AvgIpc) is 3.19. The maximum atomic E-state index is 9.15. The predicted molar refractivity (Wildman–Crippen MR) is 108 cm³/mol. The number of rotatable bonds is 6. The molecule has 0 aliphatic carbocycles. The average molecular weight is 370 g/mol. The number of hydrogen-bond donors (Lipinski definition) is 2. The molecule has 0 spiro atoms. The number of imidazole rings is 1. The molecule has 0 aliphatic heterocycles. The van der Waals surface area contributed by atoms with Gasteiger partial charge in [0.05, 0.1) is 6.20 Å². The molecule has 1 aromatic heterocycles. The molecule has 2 N–H and O–H groups in total. The van der Waals surface area contributed by atoms with Gasteiger partial charge < -0.3 is 19.3 Å². The van der Waals surface area contributed by atoms with Crippen molar-refractivity contribution >= 4 is 7.32 Å². The topological polar surface area (TPSA) is 67.5 Å². The van der Waals surface area contributed by atoms with Gasteiger partial charge in [0.1, 0.15) is 11.9 Å². The summed E-state index contributed by atoms with van der Waals surface area (Å²) in [7, 11) is -1.93. The fraction of sp³-hybridized carbons (Fsp3) is 0.0455. The summed E-state index contributed by atoms with van der Waals surface area (Å²) < 4.78 is 6.91. The van der Waals surface area contributed by atoms with E-state index < -0.39 is 12.9 Å². The first kappa shape index (κ1) is 18.0. The maximum absolute atomic E-state index is 9.15. The first-order chi connectivity index (χ1) is 13.7. The van der Waals surface area contributed by atoms with E-state index in [1.54, 1.807) is 12.5 Å². The van der Waals surface area contributed by atoms with Crippen LogP contribution in [0.1, 0.15) is 16.7 Å². The second-order valence-electron chi connectivity index (χ2n) is 6.37. The second-order valence-corrected chi connectivity index (χ2v) is 6.37. The van der Waals surface area contributed by atoms with Gasteiger partial charge in [-0.2, -0.15) is 0 Å². The van der Waals surface area contributed by atoms with Crippen LogP contribution in [0, 0.1) is 0 Å². The van der Waals surface area contributed by atoms with Crippen molar-refractivity contribution in [2.24, 2.45) is 0 Å². The third-order valence-corrected chi connectivity index (χ3v) is 4.75.